The number of guanidine groups is 1. The molecule has 3 atom stereocenters. The zero-order valence-corrected chi connectivity index (χ0v) is 18.3. The van der Waals surface area contributed by atoms with E-state index < -0.39 is 0 Å². The molecule has 3 aromatic rings. The van der Waals surface area contributed by atoms with Crippen LogP contribution in [0.15, 0.2) is 41.3 Å². The highest BCUT2D eigenvalue weighted by molar-refractivity contribution is 5.76. The molecule has 11 nitrogen and oxygen atoms in total. The van der Waals surface area contributed by atoms with E-state index in [1.807, 2.05) is 30.3 Å². The van der Waals surface area contributed by atoms with Gasteiger partial charge in [-0.25, -0.2) is 4.79 Å². The summed E-state index contributed by atoms with van der Waals surface area (Å²) in [6.45, 7) is 2.03. The van der Waals surface area contributed by atoms with Crippen molar-refractivity contribution >= 4 is 17.0 Å². The van der Waals surface area contributed by atoms with Crippen LogP contribution in [0.25, 0.3) is 16.7 Å². The minimum atomic E-state index is -0.389. The van der Waals surface area contributed by atoms with Crippen molar-refractivity contribution < 1.29 is 9.84 Å². The van der Waals surface area contributed by atoms with E-state index in [1.54, 1.807) is 6.20 Å². The summed E-state index contributed by atoms with van der Waals surface area (Å²) in [5.74, 6) is -0.0178. The Hall–Kier alpha value is -3.25. The van der Waals surface area contributed by atoms with Gasteiger partial charge in [0.05, 0.1) is 24.5 Å². The second kappa shape index (κ2) is 10.1. The van der Waals surface area contributed by atoms with Gasteiger partial charge >= 0.3 is 5.69 Å². The van der Waals surface area contributed by atoms with Crippen molar-refractivity contribution in [3.8, 4) is 5.69 Å². The first-order chi connectivity index (χ1) is 15.9. The summed E-state index contributed by atoms with van der Waals surface area (Å²) >= 11 is 0. The highest BCUT2D eigenvalue weighted by Gasteiger charge is 2.34. The molecule has 176 valence electrons. The number of hydrogen-bond donors (Lipinski definition) is 7. The fourth-order valence-electron chi connectivity index (χ4n) is 3.96. The number of benzene rings is 1. The highest BCUT2D eigenvalue weighted by atomic mass is 16.5. The largest absolute Gasteiger partial charge is 0.394 e. The van der Waals surface area contributed by atoms with E-state index in [9.17, 15) is 9.90 Å². The first-order valence-corrected chi connectivity index (χ1v) is 11.0. The Morgan fingerprint density at radius 3 is 2.82 bits per heavy atom. The van der Waals surface area contributed by atoms with E-state index in [2.05, 4.69) is 20.6 Å². The standard InChI is InChI=1S/C22H30N8O3/c23-16-9-18(33-19(16)12-31)17-8-14-11-30(22(32)29-20(14)28-17)15-4-2-13(3-5-15)10-26-6-1-7-27-21(24)25/h2-5,8,11,16,18-19,26,31H,1,6-7,9-10,12,23H2,(H4,24,25,27)(H,28,29,32)/t16-,18+,19-/m1/s1. The Morgan fingerprint density at radius 2 is 2.12 bits per heavy atom. The van der Waals surface area contributed by atoms with Crippen LogP contribution in [0.1, 0.15) is 30.2 Å². The van der Waals surface area contributed by atoms with Gasteiger partial charge in [-0.3, -0.25) is 9.98 Å². The smallest absolute Gasteiger partial charge is 0.354 e. The third kappa shape index (κ3) is 5.40. The molecule has 1 aliphatic rings. The number of aromatic amines is 1. The van der Waals surface area contributed by atoms with Gasteiger partial charge in [0.25, 0.3) is 0 Å². The number of nitrogens with two attached hydrogens (primary N) is 2. The monoisotopic (exact) mass is 454 g/mol. The van der Waals surface area contributed by atoms with Crippen molar-refractivity contribution in [2.45, 2.75) is 37.6 Å². The van der Waals surface area contributed by atoms with Gasteiger partial charge in [-0.15, -0.1) is 0 Å². The van der Waals surface area contributed by atoms with Crippen molar-refractivity contribution in [3.05, 3.63) is 58.3 Å². The number of H-pyrrole nitrogens is 1. The third-order valence-corrected chi connectivity index (χ3v) is 5.75. The summed E-state index contributed by atoms with van der Waals surface area (Å²) in [5, 5.41) is 23.4. The van der Waals surface area contributed by atoms with Crippen LogP contribution in [0.3, 0.4) is 0 Å². The van der Waals surface area contributed by atoms with Gasteiger partial charge in [-0.05, 0) is 43.1 Å². The summed E-state index contributed by atoms with van der Waals surface area (Å²) in [5.41, 5.74) is 14.0. The van der Waals surface area contributed by atoms with Gasteiger partial charge in [0, 0.05) is 36.4 Å². The van der Waals surface area contributed by atoms with Gasteiger partial charge in [0.15, 0.2) is 5.96 Å². The predicted octanol–water partition coefficient (Wildman–Crippen LogP) is -0.174. The molecule has 2 aromatic heterocycles. The van der Waals surface area contributed by atoms with Crippen LogP contribution in [0.2, 0.25) is 0 Å². The highest BCUT2D eigenvalue weighted by Crippen LogP contribution is 2.32. The summed E-state index contributed by atoms with van der Waals surface area (Å²) in [7, 11) is 0. The molecule has 0 radical (unpaired) electrons. The number of rotatable bonds is 9. The molecule has 0 amide bonds. The number of aromatic nitrogens is 3. The summed E-state index contributed by atoms with van der Waals surface area (Å²) in [4.78, 5) is 20.0. The minimum Gasteiger partial charge on any atom is -0.394 e. The fraction of sp³-hybridized carbons (Fsp3) is 0.409. The fourth-order valence-corrected chi connectivity index (χ4v) is 3.96. The molecule has 1 fully saturated rings. The number of nitrogens with one attached hydrogen (secondary N) is 4. The van der Waals surface area contributed by atoms with Gasteiger partial charge in [-0.2, -0.15) is 4.98 Å². The van der Waals surface area contributed by atoms with E-state index in [1.165, 1.54) is 4.57 Å². The van der Waals surface area contributed by atoms with Gasteiger partial charge < -0.3 is 36.9 Å². The second-order valence-corrected chi connectivity index (χ2v) is 8.20. The molecule has 9 N–H and O–H groups in total. The first-order valence-electron chi connectivity index (χ1n) is 11.0. The Morgan fingerprint density at radius 1 is 1.33 bits per heavy atom. The molecule has 1 aliphatic heterocycles. The van der Waals surface area contributed by atoms with Crippen LogP contribution in [0, 0.1) is 5.41 Å². The van der Waals surface area contributed by atoms with Crippen LogP contribution in [-0.2, 0) is 11.3 Å². The van der Waals surface area contributed by atoms with Gasteiger partial charge in [0.1, 0.15) is 5.65 Å². The minimum absolute atomic E-state index is 0.0178. The molecule has 0 unspecified atom stereocenters. The molecule has 0 spiro atoms. The molecular formula is C22H30N8O3. The molecule has 3 heterocycles. The average molecular weight is 455 g/mol. The van der Waals surface area contributed by atoms with Crippen molar-refractivity contribution in [1.29, 1.82) is 5.41 Å². The average Bonchev–Trinajstić information content (AvgIpc) is 3.38. The first kappa shape index (κ1) is 22.9. The lowest BCUT2D eigenvalue weighted by atomic mass is 10.1. The molecular weight excluding hydrogens is 424 g/mol. The Kier molecular flexibility index (Phi) is 7.04. The number of fused-ring (bicyclic) bond motifs is 1. The van der Waals surface area contributed by atoms with Crippen LogP contribution in [0.5, 0.6) is 0 Å². The quantitative estimate of drug-likeness (QED) is 0.132. The number of ether oxygens (including phenoxy) is 1. The van der Waals surface area contributed by atoms with Crippen molar-refractivity contribution in [1.82, 2.24) is 25.2 Å². The molecule has 11 heteroatoms. The van der Waals surface area contributed by atoms with Crippen molar-refractivity contribution in [2.24, 2.45) is 11.5 Å². The predicted molar refractivity (Wildman–Crippen MR) is 125 cm³/mol. The normalized spacial score (nSPS) is 20.4. The zero-order chi connectivity index (χ0) is 23.4. The lowest BCUT2D eigenvalue weighted by molar-refractivity contribution is 0.00577. The van der Waals surface area contributed by atoms with Crippen LogP contribution in [-0.4, -0.2) is 57.4 Å². The van der Waals surface area contributed by atoms with Crippen LogP contribution >= 0.6 is 0 Å². The molecule has 0 saturated carbocycles. The van der Waals surface area contributed by atoms with E-state index in [4.69, 9.17) is 21.6 Å². The zero-order valence-electron chi connectivity index (χ0n) is 18.3. The maximum Gasteiger partial charge on any atom is 0.354 e. The topological polar surface area (TPSA) is 180 Å². The number of aliphatic hydroxyl groups excluding tert-OH is 1. The van der Waals surface area contributed by atoms with E-state index >= 15 is 0 Å². The maximum absolute atomic E-state index is 12.6. The molecule has 33 heavy (non-hydrogen) atoms. The summed E-state index contributed by atoms with van der Waals surface area (Å²) in [6, 6.07) is 9.40. The third-order valence-electron chi connectivity index (χ3n) is 5.75. The van der Waals surface area contributed by atoms with Gasteiger partial charge in [-0.1, -0.05) is 12.1 Å². The van der Waals surface area contributed by atoms with Crippen molar-refractivity contribution in [2.75, 3.05) is 19.7 Å². The second-order valence-electron chi connectivity index (χ2n) is 8.20. The molecule has 0 bridgehead atoms. The number of hydrogen-bond acceptors (Lipinski definition) is 7. The van der Waals surface area contributed by atoms with Gasteiger partial charge in [0.2, 0.25) is 0 Å². The lowest BCUT2D eigenvalue weighted by Crippen LogP contribution is -2.32. The maximum atomic E-state index is 12.6. The van der Waals surface area contributed by atoms with Crippen LogP contribution < -0.4 is 27.8 Å². The Labute approximate surface area is 190 Å². The number of nitrogens with zero attached hydrogens (tertiary/aromatic N) is 2. The van der Waals surface area contributed by atoms with E-state index in [0.29, 0.717) is 25.2 Å². The lowest BCUT2D eigenvalue weighted by Gasteiger charge is -2.11. The van der Waals surface area contributed by atoms with Crippen molar-refractivity contribution in [3.63, 3.8) is 0 Å². The Bertz CT molecular complexity index is 1160. The molecule has 1 saturated heterocycles. The Balaban J connectivity index is 1.42. The van der Waals surface area contributed by atoms with E-state index in [-0.39, 0.29) is 36.5 Å². The summed E-state index contributed by atoms with van der Waals surface area (Å²) in [6.07, 6.45) is 2.55. The molecule has 0 aliphatic carbocycles. The SMILES string of the molecule is N=C(N)NCCCNCc1ccc(-n2cc3cc([C@@H]4C[C@@H](N)[C@@H](CO)O4)[nH]c3nc2=O)cc1. The van der Waals surface area contributed by atoms with E-state index in [0.717, 1.165) is 35.3 Å². The van der Waals surface area contributed by atoms with Crippen LogP contribution in [0.4, 0.5) is 0 Å². The molecule has 1 aromatic carbocycles. The number of aliphatic hydroxyl groups is 1. The summed E-state index contributed by atoms with van der Waals surface area (Å²) < 4.78 is 7.33. The molecule has 4 rings (SSSR count).